The first-order chi connectivity index (χ1) is 8.24. The van der Waals surface area contributed by atoms with Gasteiger partial charge in [-0.1, -0.05) is 53.4 Å². The van der Waals surface area contributed by atoms with E-state index >= 15 is 0 Å². The molecule has 0 rings (SSSR count). The second-order valence-corrected chi connectivity index (χ2v) is 5.65. The van der Waals surface area contributed by atoms with E-state index in [1.54, 1.807) is 0 Å². The van der Waals surface area contributed by atoms with E-state index in [4.69, 9.17) is 0 Å². The Balaban J connectivity index is 0. The van der Waals surface area contributed by atoms with E-state index in [9.17, 15) is 0 Å². The molecule has 0 fully saturated rings. The average molecular weight is 306 g/mol. The van der Waals surface area contributed by atoms with Crippen LogP contribution in [-0.2, 0) is 17.1 Å². The van der Waals surface area contributed by atoms with Crippen molar-refractivity contribution >= 4 is 0 Å². The molecular formula is C16H36CuN+. The van der Waals surface area contributed by atoms with E-state index in [1.807, 2.05) is 0 Å². The summed E-state index contributed by atoms with van der Waals surface area (Å²) in [5.41, 5.74) is 0. The summed E-state index contributed by atoms with van der Waals surface area (Å²) in [6.07, 6.45) is 11.1. The molecule has 0 aliphatic rings. The molecule has 0 unspecified atom stereocenters. The van der Waals surface area contributed by atoms with Crippen LogP contribution in [-0.4, -0.2) is 30.7 Å². The monoisotopic (exact) mass is 305 g/mol. The Morgan fingerprint density at radius 1 is 0.500 bits per heavy atom. The van der Waals surface area contributed by atoms with Crippen LogP contribution in [0.5, 0.6) is 0 Å². The van der Waals surface area contributed by atoms with Crippen LogP contribution in [0.25, 0.3) is 0 Å². The van der Waals surface area contributed by atoms with Crippen molar-refractivity contribution in [2.75, 3.05) is 26.2 Å². The summed E-state index contributed by atoms with van der Waals surface area (Å²) in [7, 11) is 0. The van der Waals surface area contributed by atoms with Crippen molar-refractivity contribution in [2.45, 2.75) is 79.1 Å². The molecule has 0 aliphatic heterocycles. The molecule has 0 aromatic rings. The van der Waals surface area contributed by atoms with Gasteiger partial charge in [-0.15, -0.1) is 0 Å². The second kappa shape index (κ2) is 13.9. The topological polar surface area (TPSA) is 0 Å². The van der Waals surface area contributed by atoms with E-state index in [0.717, 1.165) is 0 Å². The summed E-state index contributed by atoms with van der Waals surface area (Å²) < 4.78 is 1.42. The Morgan fingerprint density at radius 3 is 0.889 bits per heavy atom. The quantitative estimate of drug-likeness (QED) is 0.351. The minimum atomic E-state index is 0. The van der Waals surface area contributed by atoms with Gasteiger partial charge >= 0.3 is 0 Å². The van der Waals surface area contributed by atoms with Crippen LogP contribution in [0.1, 0.15) is 79.1 Å². The molecule has 0 N–H and O–H groups in total. The van der Waals surface area contributed by atoms with Crippen LogP contribution < -0.4 is 0 Å². The van der Waals surface area contributed by atoms with Crippen molar-refractivity contribution in [3.05, 3.63) is 0 Å². The maximum absolute atomic E-state index is 2.33. The van der Waals surface area contributed by atoms with Crippen molar-refractivity contribution in [2.24, 2.45) is 0 Å². The summed E-state index contributed by atoms with van der Waals surface area (Å²) >= 11 is 0. The van der Waals surface area contributed by atoms with Crippen molar-refractivity contribution in [3.63, 3.8) is 0 Å². The minimum absolute atomic E-state index is 0. The van der Waals surface area contributed by atoms with Gasteiger partial charge in [-0.2, -0.15) is 0 Å². The van der Waals surface area contributed by atoms with Gasteiger partial charge in [-0.3, -0.25) is 0 Å². The fraction of sp³-hybridized carbons (Fsp3) is 1.00. The Kier molecular flexibility index (Phi) is 16.1. The summed E-state index contributed by atoms with van der Waals surface area (Å²) in [5.74, 6) is 0. The van der Waals surface area contributed by atoms with Gasteiger partial charge in [-0.05, 0) is 25.7 Å². The number of quaternary nitrogens is 1. The zero-order chi connectivity index (χ0) is 13.0. The number of rotatable bonds is 12. The molecule has 18 heavy (non-hydrogen) atoms. The first kappa shape index (κ1) is 20.8. The maximum Gasteiger partial charge on any atom is 0.0786 e. The van der Waals surface area contributed by atoms with E-state index in [1.165, 1.54) is 82.0 Å². The SMILES string of the molecule is CCCC[N+](CCCC)(CCCC)CCCC.[Cu]. The Morgan fingerprint density at radius 2 is 0.722 bits per heavy atom. The van der Waals surface area contributed by atoms with Gasteiger partial charge in [0.25, 0.3) is 0 Å². The van der Waals surface area contributed by atoms with Crippen molar-refractivity contribution < 1.29 is 21.6 Å². The number of hydrogen-bond acceptors (Lipinski definition) is 0. The van der Waals surface area contributed by atoms with Gasteiger partial charge < -0.3 is 4.48 Å². The van der Waals surface area contributed by atoms with Crippen LogP contribution in [0.2, 0.25) is 0 Å². The van der Waals surface area contributed by atoms with Gasteiger partial charge in [0.2, 0.25) is 0 Å². The number of nitrogens with zero attached hydrogens (tertiary/aromatic N) is 1. The zero-order valence-corrected chi connectivity index (χ0v) is 14.2. The summed E-state index contributed by atoms with van der Waals surface area (Å²) in [6, 6.07) is 0. The van der Waals surface area contributed by atoms with Gasteiger partial charge in [-0.25, -0.2) is 0 Å². The third-order valence-electron chi connectivity index (χ3n) is 3.94. The van der Waals surface area contributed by atoms with Crippen LogP contribution in [0, 0.1) is 0 Å². The minimum Gasteiger partial charge on any atom is -0.324 e. The van der Waals surface area contributed by atoms with Crippen LogP contribution in [0.3, 0.4) is 0 Å². The fourth-order valence-corrected chi connectivity index (χ4v) is 2.64. The van der Waals surface area contributed by atoms with Gasteiger partial charge in [0, 0.05) is 17.1 Å². The normalized spacial score (nSPS) is 11.3. The molecule has 0 saturated carbocycles. The third kappa shape index (κ3) is 9.41. The van der Waals surface area contributed by atoms with E-state index in [0.29, 0.717) is 0 Å². The smallest absolute Gasteiger partial charge is 0.0786 e. The van der Waals surface area contributed by atoms with Crippen LogP contribution in [0.15, 0.2) is 0 Å². The van der Waals surface area contributed by atoms with Gasteiger partial charge in [0.15, 0.2) is 0 Å². The Labute approximate surface area is 127 Å². The molecule has 0 aliphatic carbocycles. The Hall–Kier alpha value is 0.479. The van der Waals surface area contributed by atoms with Crippen LogP contribution in [0.4, 0.5) is 0 Å². The molecule has 1 nitrogen and oxygen atoms in total. The molecule has 1 radical (unpaired) electrons. The zero-order valence-electron chi connectivity index (χ0n) is 13.2. The summed E-state index contributed by atoms with van der Waals surface area (Å²) in [6.45, 7) is 15.0. The molecule has 0 aromatic heterocycles. The fourth-order valence-electron chi connectivity index (χ4n) is 2.64. The van der Waals surface area contributed by atoms with Crippen molar-refractivity contribution in [3.8, 4) is 0 Å². The molecule has 0 spiro atoms. The predicted octanol–water partition coefficient (Wildman–Crippen LogP) is 5.00. The summed E-state index contributed by atoms with van der Waals surface area (Å²) in [4.78, 5) is 0. The molecule has 0 amide bonds. The standard InChI is InChI=1S/C16H36N.Cu/c1-5-9-13-17(14-10-6-2,15-11-7-3)16-12-8-4;/h5-16H2,1-4H3;/q+1;. The third-order valence-corrected chi connectivity index (χ3v) is 3.94. The Bertz CT molecular complexity index is 122. The van der Waals surface area contributed by atoms with Crippen LogP contribution >= 0.6 is 0 Å². The van der Waals surface area contributed by atoms with E-state index in [2.05, 4.69) is 27.7 Å². The maximum atomic E-state index is 2.33. The first-order valence-electron chi connectivity index (χ1n) is 8.09. The molecule has 115 valence electrons. The van der Waals surface area contributed by atoms with Crippen molar-refractivity contribution in [1.82, 2.24) is 0 Å². The molecule has 0 saturated heterocycles. The number of hydrogen-bond donors (Lipinski definition) is 0. The van der Waals surface area contributed by atoms with E-state index in [-0.39, 0.29) is 17.1 Å². The number of unbranched alkanes of at least 4 members (excludes halogenated alkanes) is 4. The molecule has 0 atom stereocenters. The van der Waals surface area contributed by atoms with Gasteiger partial charge in [0.05, 0.1) is 26.2 Å². The molecule has 2 heteroatoms. The molecule has 0 aromatic carbocycles. The first-order valence-corrected chi connectivity index (χ1v) is 8.09. The summed E-state index contributed by atoms with van der Waals surface area (Å²) in [5, 5.41) is 0. The van der Waals surface area contributed by atoms with Gasteiger partial charge in [0.1, 0.15) is 0 Å². The second-order valence-electron chi connectivity index (χ2n) is 5.65. The average Bonchev–Trinajstić information content (AvgIpc) is 2.37. The molecule has 0 bridgehead atoms. The van der Waals surface area contributed by atoms with E-state index < -0.39 is 0 Å². The largest absolute Gasteiger partial charge is 0.324 e. The van der Waals surface area contributed by atoms with Crippen molar-refractivity contribution in [1.29, 1.82) is 0 Å². The predicted molar refractivity (Wildman–Crippen MR) is 79.4 cm³/mol. The molecular weight excluding hydrogens is 270 g/mol. The molecule has 0 heterocycles.